The predicted octanol–water partition coefficient (Wildman–Crippen LogP) is 8.17. The number of rotatable bonds is 2. The molecule has 6 heteroatoms. The summed E-state index contributed by atoms with van der Waals surface area (Å²) < 4.78 is 0. The molecule has 0 aromatic carbocycles. The molecule has 0 radical (unpaired) electrons. The molecule has 5 aliphatic rings. The molecule has 3 aliphatic heterocycles. The number of hydrogen-bond donors (Lipinski definition) is 3. The van der Waals surface area contributed by atoms with Gasteiger partial charge in [0.05, 0.1) is 39.4 Å². The number of hydrogen-bond acceptors (Lipinski definition) is 4. The molecule has 8 bridgehead atoms. The summed E-state index contributed by atoms with van der Waals surface area (Å²) in [6.07, 6.45) is 3.04. The lowest BCUT2D eigenvalue weighted by Crippen LogP contribution is -2.02. The van der Waals surface area contributed by atoms with Crippen molar-refractivity contribution in [2.45, 2.75) is 79.1 Å². The fraction of sp³-hybridized carbons (Fsp3) is 0.364. The van der Waals surface area contributed by atoms with Crippen molar-refractivity contribution in [3.05, 3.63) is 74.8 Å². The van der Waals surface area contributed by atoms with Crippen LogP contribution in [-0.2, 0) is 0 Å². The van der Waals surface area contributed by atoms with Gasteiger partial charge >= 0.3 is 0 Å². The molecule has 39 heavy (non-hydrogen) atoms. The SMILES string of the molecule is CCC1=C(C)c2cc3[nH]c4c5c6[nH]c(cc7nc(cc1n2)C(C)=C7CC)c(C)c6C(=O)C5=C(O)CC[C@H]4[C@@H]3C. The quantitative estimate of drug-likeness (QED) is 0.374. The van der Waals surface area contributed by atoms with Gasteiger partial charge in [-0.25, -0.2) is 9.97 Å². The third kappa shape index (κ3) is 3.17. The maximum absolute atomic E-state index is 13.8. The normalized spacial score (nSPS) is 20.9. The average Bonchev–Trinajstić information content (AvgIpc) is 3.62. The predicted molar refractivity (Wildman–Crippen MR) is 157 cm³/mol. The lowest BCUT2D eigenvalue weighted by molar-refractivity contribution is 0.105. The van der Waals surface area contributed by atoms with Gasteiger partial charge in [0.15, 0.2) is 5.78 Å². The highest BCUT2D eigenvalue weighted by Crippen LogP contribution is 2.50. The van der Waals surface area contributed by atoms with E-state index in [-0.39, 0.29) is 23.4 Å². The van der Waals surface area contributed by atoms with Crippen molar-refractivity contribution in [3.63, 3.8) is 0 Å². The Bertz CT molecular complexity index is 1810. The number of ketones is 1. The number of aryl methyl sites for hydroxylation is 1. The third-order valence-electron chi connectivity index (χ3n) is 9.56. The van der Waals surface area contributed by atoms with E-state index in [1.165, 1.54) is 22.3 Å². The summed E-state index contributed by atoms with van der Waals surface area (Å²) in [5.74, 6) is 0.497. The largest absolute Gasteiger partial charge is 0.512 e. The molecule has 0 saturated heterocycles. The smallest absolute Gasteiger partial charge is 0.199 e. The van der Waals surface area contributed by atoms with E-state index in [9.17, 15) is 9.90 Å². The van der Waals surface area contributed by atoms with Crippen molar-refractivity contribution < 1.29 is 9.90 Å². The molecule has 7 rings (SSSR count). The molecule has 0 unspecified atom stereocenters. The van der Waals surface area contributed by atoms with Crippen LogP contribution in [0.1, 0.15) is 128 Å². The van der Waals surface area contributed by atoms with Gasteiger partial charge in [-0.2, -0.15) is 0 Å². The molecular formula is C33H34N4O2. The van der Waals surface area contributed by atoms with Crippen molar-refractivity contribution in [1.82, 2.24) is 19.9 Å². The Hall–Kier alpha value is -3.93. The molecule has 2 atom stereocenters. The Labute approximate surface area is 228 Å². The maximum atomic E-state index is 13.8. The molecule has 3 N–H and O–H groups in total. The number of aliphatic hydroxyl groups excluding tert-OH is 1. The van der Waals surface area contributed by atoms with Crippen molar-refractivity contribution in [2.75, 3.05) is 0 Å². The van der Waals surface area contributed by atoms with E-state index in [2.05, 4.69) is 62.8 Å². The number of carbonyl (C=O) groups is 1. The summed E-state index contributed by atoms with van der Waals surface area (Å²) in [7, 11) is 0. The van der Waals surface area contributed by atoms with Gasteiger partial charge < -0.3 is 15.1 Å². The Kier molecular flexibility index (Phi) is 5.13. The maximum Gasteiger partial charge on any atom is 0.199 e. The van der Waals surface area contributed by atoms with Crippen LogP contribution in [0.4, 0.5) is 0 Å². The summed E-state index contributed by atoms with van der Waals surface area (Å²) in [6.45, 7) is 12.9. The van der Waals surface area contributed by atoms with Gasteiger partial charge in [-0.15, -0.1) is 0 Å². The average molecular weight is 519 g/mol. The van der Waals surface area contributed by atoms with E-state index < -0.39 is 0 Å². The fourth-order valence-electron chi connectivity index (χ4n) is 7.27. The summed E-state index contributed by atoms with van der Waals surface area (Å²) in [4.78, 5) is 31.4. The molecule has 0 saturated carbocycles. The van der Waals surface area contributed by atoms with Gasteiger partial charge in [0, 0.05) is 40.7 Å². The highest BCUT2D eigenvalue weighted by atomic mass is 16.3. The zero-order valence-corrected chi connectivity index (χ0v) is 23.5. The van der Waals surface area contributed by atoms with E-state index >= 15 is 0 Å². The molecule has 0 amide bonds. The number of aromatic nitrogens is 4. The van der Waals surface area contributed by atoms with E-state index in [1.54, 1.807) is 0 Å². The number of nitrogens with zero attached hydrogens (tertiary/aromatic N) is 2. The fourth-order valence-corrected chi connectivity index (χ4v) is 7.27. The van der Waals surface area contributed by atoms with Crippen LogP contribution in [0.5, 0.6) is 0 Å². The number of H-pyrrole nitrogens is 2. The molecule has 2 aromatic heterocycles. The molecule has 2 aliphatic carbocycles. The first kappa shape index (κ1) is 24.1. The lowest BCUT2D eigenvalue weighted by Gasteiger charge is -2.15. The summed E-state index contributed by atoms with van der Waals surface area (Å²) in [6, 6.07) is 6.43. The lowest BCUT2D eigenvalue weighted by atomic mass is 9.87. The monoisotopic (exact) mass is 518 g/mol. The van der Waals surface area contributed by atoms with Crippen molar-refractivity contribution in [2.24, 2.45) is 0 Å². The van der Waals surface area contributed by atoms with Crippen molar-refractivity contribution >= 4 is 44.7 Å². The van der Waals surface area contributed by atoms with Crippen molar-refractivity contribution in [1.29, 1.82) is 0 Å². The minimum absolute atomic E-state index is 0.0887. The number of fused-ring (bicyclic) bond motifs is 6. The summed E-state index contributed by atoms with van der Waals surface area (Å²) >= 11 is 0. The molecule has 5 heterocycles. The first-order valence-corrected chi connectivity index (χ1v) is 14.2. The van der Waals surface area contributed by atoms with Crippen LogP contribution in [0, 0.1) is 6.92 Å². The second-order valence-corrected chi connectivity index (χ2v) is 11.5. The highest BCUT2D eigenvalue weighted by Gasteiger charge is 2.41. The standard InChI is InChI=1S/C33H34N4O2/c1-7-18-14(3)21-11-23-16(5)20-9-10-27(38)29-30(31(20)36-23)32-28(33(29)39)17(6)24(37-32)13-26-19(8-2)15(4)22(35-26)12-25(18)34-21/h11-13,16,20,36-38H,7-10H2,1-6H3/t16-,20-/m0/s1. The zero-order valence-electron chi connectivity index (χ0n) is 23.5. The third-order valence-corrected chi connectivity index (χ3v) is 9.56. The van der Waals surface area contributed by atoms with Crippen LogP contribution in [0.2, 0.25) is 0 Å². The number of carbonyl (C=O) groups excluding carboxylic acids is 1. The van der Waals surface area contributed by atoms with Gasteiger partial charge in [0.2, 0.25) is 0 Å². The second kappa shape index (κ2) is 8.28. The van der Waals surface area contributed by atoms with Crippen LogP contribution in [0.25, 0.3) is 38.9 Å². The van der Waals surface area contributed by atoms with Crippen molar-refractivity contribution in [3.8, 4) is 0 Å². The molecule has 6 nitrogen and oxygen atoms in total. The van der Waals surface area contributed by atoms with Crippen LogP contribution in [0.15, 0.2) is 24.0 Å². The minimum Gasteiger partial charge on any atom is -0.512 e. The Balaban J connectivity index is 1.69. The van der Waals surface area contributed by atoms with Gasteiger partial charge in [-0.05, 0) is 86.1 Å². The molecular weight excluding hydrogens is 484 g/mol. The van der Waals surface area contributed by atoms with E-state index in [4.69, 9.17) is 9.97 Å². The zero-order chi connectivity index (χ0) is 27.3. The van der Waals surface area contributed by atoms with Gasteiger partial charge in [-0.1, -0.05) is 20.8 Å². The molecule has 198 valence electrons. The topological polar surface area (TPSA) is 94.7 Å². The molecule has 0 spiro atoms. The Morgan fingerprint density at radius 1 is 0.897 bits per heavy atom. The Morgan fingerprint density at radius 2 is 1.54 bits per heavy atom. The molecule has 0 fully saturated rings. The summed E-state index contributed by atoms with van der Waals surface area (Å²) in [5, 5.41) is 11.1. The van der Waals surface area contributed by atoms with E-state index in [0.29, 0.717) is 17.6 Å². The van der Waals surface area contributed by atoms with Crippen LogP contribution < -0.4 is 0 Å². The second-order valence-electron chi connectivity index (χ2n) is 11.5. The first-order chi connectivity index (χ1) is 18.7. The number of aromatic amines is 2. The van der Waals surface area contributed by atoms with Gasteiger partial charge in [-0.3, -0.25) is 4.79 Å². The van der Waals surface area contributed by atoms with Gasteiger partial charge in [0.25, 0.3) is 0 Å². The van der Waals surface area contributed by atoms with Crippen LogP contribution in [-0.4, -0.2) is 30.8 Å². The Morgan fingerprint density at radius 3 is 2.21 bits per heavy atom. The highest BCUT2D eigenvalue weighted by molar-refractivity contribution is 6.39. The van der Waals surface area contributed by atoms with E-state index in [0.717, 1.165) is 75.6 Å². The van der Waals surface area contributed by atoms with Crippen LogP contribution >= 0.6 is 0 Å². The van der Waals surface area contributed by atoms with Crippen LogP contribution in [0.3, 0.4) is 0 Å². The number of allylic oxidation sites excluding steroid dienone is 6. The first-order valence-electron chi connectivity index (χ1n) is 14.2. The minimum atomic E-state index is -0.0887. The number of aliphatic hydroxyl groups is 1. The number of nitrogens with one attached hydrogen (secondary N) is 2. The van der Waals surface area contributed by atoms with E-state index in [1.807, 2.05) is 6.92 Å². The summed E-state index contributed by atoms with van der Waals surface area (Å²) in [5.41, 5.74) is 15.4. The molecule has 2 aromatic rings. The number of Topliss-reactive ketones (excluding diaryl/α,β-unsaturated/α-hetero) is 1. The van der Waals surface area contributed by atoms with Gasteiger partial charge in [0.1, 0.15) is 5.76 Å².